The van der Waals surface area contributed by atoms with Gasteiger partial charge in [0.25, 0.3) is 0 Å². The summed E-state index contributed by atoms with van der Waals surface area (Å²) in [7, 11) is 0. The zero-order chi connectivity index (χ0) is 15.8. The highest BCUT2D eigenvalue weighted by atomic mass is 16.6. The number of carbonyl (C=O) groups excluding carboxylic acids is 3. The second-order valence-electron chi connectivity index (χ2n) is 4.63. The molecule has 0 saturated carbocycles. The third-order valence-corrected chi connectivity index (χ3v) is 2.86. The van der Waals surface area contributed by atoms with E-state index in [-0.39, 0.29) is 26.2 Å². The van der Waals surface area contributed by atoms with Crippen LogP contribution in [0.5, 0.6) is 0 Å². The molecule has 6 nitrogen and oxygen atoms in total. The molecule has 0 aromatic rings. The largest absolute Gasteiger partial charge is 0.466 e. The van der Waals surface area contributed by atoms with E-state index in [0.29, 0.717) is 0 Å². The summed E-state index contributed by atoms with van der Waals surface area (Å²) in [5.74, 6) is -2.43. The summed E-state index contributed by atoms with van der Waals surface area (Å²) >= 11 is 0. The standard InChI is InChI=1S/C14H24O6/c1-6-18-11(15)10(4)9-14(5,12(16)19-7-2)13(17)20-8-3/h10H,6-9H2,1-5H3/t10-/m1/s1. The van der Waals surface area contributed by atoms with Gasteiger partial charge in [-0.05, 0) is 34.1 Å². The second kappa shape index (κ2) is 8.55. The molecule has 1 atom stereocenters. The molecule has 0 radical (unpaired) electrons. The van der Waals surface area contributed by atoms with Crippen LogP contribution in [0.4, 0.5) is 0 Å². The lowest BCUT2D eigenvalue weighted by atomic mass is 9.81. The summed E-state index contributed by atoms with van der Waals surface area (Å²) in [6.07, 6.45) is -0.0104. The van der Waals surface area contributed by atoms with Gasteiger partial charge in [0.05, 0.1) is 25.7 Å². The molecule has 0 aliphatic heterocycles. The molecule has 0 aliphatic carbocycles. The zero-order valence-electron chi connectivity index (χ0n) is 12.9. The molecule has 0 bridgehead atoms. The van der Waals surface area contributed by atoms with Gasteiger partial charge in [-0.15, -0.1) is 0 Å². The Morgan fingerprint density at radius 2 is 1.30 bits per heavy atom. The van der Waals surface area contributed by atoms with Crippen LogP contribution in [0.15, 0.2) is 0 Å². The van der Waals surface area contributed by atoms with Crippen LogP contribution in [0.2, 0.25) is 0 Å². The van der Waals surface area contributed by atoms with Crippen molar-refractivity contribution in [3.63, 3.8) is 0 Å². The van der Waals surface area contributed by atoms with E-state index >= 15 is 0 Å². The average molecular weight is 288 g/mol. The molecule has 0 spiro atoms. The Morgan fingerprint density at radius 1 is 0.900 bits per heavy atom. The topological polar surface area (TPSA) is 78.9 Å². The maximum absolute atomic E-state index is 12.0. The van der Waals surface area contributed by atoms with Crippen molar-refractivity contribution in [2.45, 2.75) is 41.0 Å². The predicted molar refractivity (Wildman–Crippen MR) is 71.8 cm³/mol. The van der Waals surface area contributed by atoms with Gasteiger partial charge in [0.1, 0.15) is 0 Å². The molecule has 116 valence electrons. The van der Waals surface area contributed by atoms with Crippen molar-refractivity contribution in [1.82, 2.24) is 0 Å². The maximum Gasteiger partial charge on any atom is 0.323 e. The van der Waals surface area contributed by atoms with Gasteiger partial charge in [-0.3, -0.25) is 14.4 Å². The Bertz CT molecular complexity index is 332. The van der Waals surface area contributed by atoms with Crippen LogP contribution in [0.1, 0.15) is 41.0 Å². The first-order chi connectivity index (χ1) is 9.33. The fourth-order valence-corrected chi connectivity index (χ4v) is 1.81. The second-order valence-corrected chi connectivity index (χ2v) is 4.63. The van der Waals surface area contributed by atoms with Gasteiger partial charge in [0.2, 0.25) is 0 Å². The van der Waals surface area contributed by atoms with Crippen LogP contribution in [-0.4, -0.2) is 37.7 Å². The van der Waals surface area contributed by atoms with E-state index < -0.39 is 29.2 Å². The minimum atomic E-state index is -1.50. The lowest BCUT2D eigenvalue weighted by Gasteiger charge is -2.27. The fourth-order valence-electron chi connectivity index (χ4n) is 1.81. The van der Waals surface area contributed by atoms with Gasteiger partial charge in [0.15, 0.2) is 5.41 Å². The molecule has 0 saturated heterocycles. The number of hydrogen-bond donors (Lipinski definition) is 0. The van der Waals surface area contributed by atoms with Crippen molar-refractivity contribution in [3.05, 3.63) is 0 Å². The van der Waals surface area contributed by atoms with Crippen LogP contribution in [0.3, 0.4) is 0 Å². The predicted octanol–water partition coefficient (Wildman–Crippen LogP) is 1.71. The van der Waals surface area contributed by atoms with Gasteiger partial charge in [-0.2, -0.15) is 0 Å². The Labute approximate surface area is 119 Å². The van der Waals surface area contributed by atoms with Gasteiger partial charge in [0, 0.05) is 0 Å². The Balaban J connectivity index is 5.07. The number of esters is 3. The van der Waals surface area contributed by atoms with Crippen molar-refractivity contribution in [2.24, 2.45) is 11.3 Å². The van der Waals surface area contributed by atoms with E-state index in [9.17, 15) is 14.4 Å². The molecular weight excluding hydrogens is 264 g/mol. The molecular formula is C14H24O6. The number of rotatable bonds is 8. The van der Waals surface area contributed by atoms with E-state index in [1.807, 2.05) is 0 Å². The Morgan fingerprint density at radius 3 is 1.65 bits per heavy atom. The molecule has 0 unspecified atom stereocenters. The maximum atomic E-state index is 12.0. The number of ether oxygens (including phenoxy) is 3. The van der Waals surface area contributed by atoms with Crippen LogP contribution in [0.25, 0.3) is 0 Å². The number of hydrogen-bond acceptors (Lipinski definition) is 6. The lowest BCUT2D eigenvalue weighted by Crippen LogP contribution is -2.42. The Kier molecular flexibility index (Phi) is 7.87. The molecule has 20 heavy (non-hydrogen) atoms. The van der Waals surface area contributed by atoms with Crippen molar-refractivity contribution in [2.75, 3.05) is 19.8 Å². The highest BCUT2D eigenvalue weighted by Crippen LogP contribution is 2.30. The SMILES string of the molecule is CCOC(=O)[C@H](C)CC(C)(C(=O)OCC)C(=O)OCC. The summed E-state index contributed by atoms with van der Waals surface area (Å²) in [6, 6.07) is 0. The zero-order valence-corrected chi connectivity index (χ0v) is 12.9. The lowest BCUT2D eigenvalue weighted by molar-refractivity contribution is -0.172. The third-order valence-electron chi connectivity index (χ3n) is 2.86. The summed E-state index contributed by atoms with van der Waals surface area (Å²) in [4.78, 5) is 35.7. The Hall–Kier alpha value is -1.59. The van der Waals surface area contributed by atoms with E-state index in [0.717, 1.165) is 0 Å². The quantitative estimate of drug-likeness (QED) is 0.384. The summed E-state index contributed by atoms with van der Waals surface area (Å²) in [6.45, 7) is 8.59. The van der Waals surface area contributed by atoms with Crippen LogP contribution in [0, 0.1) is 11.3 Å². The molecule has 0 N–H and O–H groups in total. The van der Waals surface area contributed by atoms with Gasteiger partial charge >= 0.3 is 17.9 Å². The number of carbonyl (C=O) groups is 3. The van der Waals surface area contributed by atoms with Crippen molar-refractivity contribution in [1.29, 1.82) is 0 Å². The van der Waals surface area contributed by atoms with E-state index in [4.69, 9.17) is 14.2 Å². The molecule has 0 amide bonds. The van der Waals surface area contributed by atoms with Gasteiger partial charge in [-0.25, -0.2) is 0 Å². The molecule has 0 fully saturated rings. The third kappa shape index (κ3) is 4.83. The minimum absolute atomic E-state index is 0.0104. The van der Waals surface area contributed by atoms with Crippen molar-refractivity contribution >= 4 is 17.9 Å². The molecule has 0 aromatic carbocycles. The molecule has 0 aliphatic rings. The first kappa shape index (κ1) is 18.4. The molecule has 0 aromatic heterocycles. The van der Waals surface area contributed by atoms with Crippen molar-refractivity contribution < 1.29 is 28.6 Å². The highest BCUT2D eigenvalue weighted by molar-refractivity contribution is 6.00. The normalized spacial score (nSPS) is 12.4. The first-order valence-electron chi connectivity index (χ1n) is 6.84. The molecule has 6 heteroatoms. The van der Waals surface area contributed by atoms with Crippen LogP contribution < -0.4 is 0 Å². The summed E-state index contributed by atoms with van der Waals surface area (Å²) in [5.41, 5.74) is -1.50. The van der Waals surface area contributed by atoms with Gasteiger partial charge in [-0.1, -0.05) is 6.92 Å². The van der Waals surface area contributed by atoms with Gasteiger partial charge < -0.3 is 14.2 Å². The molecule has 0 heterocycles. The van der Waals surface area contributed by atoms with Crippen LogP contribution >= 0.6 is 0 Å². The smallest absolute Gasteiger partial charge is 0.323 e. The van der Waals surface area contributed by atoms with E-state index in [1.165, 1.54) is 6.92 Å². The fraction of sp³-hybridized carbons (Fsp3) is 0.786. The van der Waals surface area contributed by atoms with E-state index in [1.54, 1.807) is 27.7 Å². The first-order valence-corrected chi connectivity index (χ1v) is 6.84. The van der Waals surface area contributed by atoms with Crippen molar-refractivity contribution in [3.8, 4) is 0 Å². The average Bonchev–Trinajstić information content (AvgIpc) is 2.39. The monoisotopic (exact) mass is 288 g/mol. The molecule has 0 rings (SSSR count). The van der Waals surface area contributed by atoms with E-state index in [2.05, 4.69) is 0 Å². The minimum Gasteiger partial charge on any atom is -0.466 e. The summed E-state index contributed by atoms with van der Waals surface area (Å²) in [5, 5.41) is 0. The highest BCUT2D eigenvalue weighted by Gasteiger charge is 2.46. The van der Waals surface area contributed by atoms with Crippen LogP contribution in [-0.2, 0) is 28.6 Å². The summed E-state index contributed by atoms with van der Waals surface area (Å²) < 4.78 is 14.7.